The number of carbonyl (C=O) groups is 1. The Bertz CT molecular complexity index is 271. The highest BCUT2D eigenvalue weighted by Gasteiger charge is 2.28. The molecule has 1 heterocycles. The van der Waals surface area contributed by atoms with Crippen molar-refractivity contribution in [3.63, 3.8) is 0 Å². The molecule has 0 N–H and O–H groups in total. The minimum atomic E-state index is -0.948. The highest BCUT2D eigenvalue weighted by atomic mass is 28.3. The molecular weight excluding hydrogens is 202 g/mol. The lowest BCUT2D eigenvalue weighted by Gasteiger charge is -2.35. The van der Waals surface area contributed by atoms with Crippen LogP contribution in [0, 0.1) is 0 Å². The van der Waals surface area contributed by atoms with Gasteiger partial charge in [0.15, 0.2) is 0 Å². The molecule has 0 spiro atoms. The van der Waals surface area contributed by atoms with Crippen LogP contribution in [0.3, 0.4) is 0 Å². The van der Waals surface area contributed by atoms with Gasteiger partial charge in [-0.1, -0.05) is 31.3 Å². The summed E-state index contributed by atoms with van der Waals surface area (Å²) >= 11 is 0. The van der Waals surface area contributed by atoms with Crippen molar-refractivity contribution < 1.29 is 4.79 Å². The van der Waals surface area contributed by atoms with E-state index < -0.39 is 8.07 Å². The number of allylic oxidation sites excluding steroid dienone is 3. The van der Waals surface area contributed by atoms with Gasteiger partial charge in [-0.3, -0.25) is 4.79 Å². The zero-order valence-corrected chi connectivity index (χ0v) is 11.0. The van der Waals surface area contributed by atoms with Crippen LogP contribution in [0.4, 0.5) is 0 Å². The van der Waals surface area contributed by atoms with Gasteiger partial charge in [-0.2, -0.15) is 0 Å². The molecule has 0 saturated carbocycles. The van der Waals surface area contributed by atoms with E-state index in [2.05, 4.69) is 13.1 Å². The van der Waals surface area contributed by atoms with E-state index >= 15 is 0 Å². The molecule has 15 heavy (non-hydrogen) atoms. The molecule has 0 aliphatic carbocycles. The Morgan fingerprint density at radius 2 is 1.80 bits per heavy atom. The van der Waals surface area contributed by atoms with Gasteiger partial charge < -0.3 is 4.90 Å². The minimum Gasteiger partial charge on any atom is -0.340 e. The molecule has 1 aliphatic heterocycles. The van der Waals surface area contributed by atoms with Crippen LogP contribution in [0.2, 0.25) is 25.2 Å². The predicted octanol–water partition coefficient (Wildman–Crippen LogP) is 2.67. The van der Waals surface area contributed by atoms with E-state index in [0.717, 1.165) is 13.1 Å². The second-order valence-electron chi connectivity index (χ2n) is 4.87. The van der Waals surface area contributed by atoms with Crippen LogP contribution < -0.4 is 0 Å². The van der Waals surface area contributed by atoms with Crippen molar-refractivity contribution in [1.82, 2.24) is 4.90 Å². The average molecular weight is 223 g/mol. The fourth-order valence-corrected chi connectivity index (χ4v) is 3.69. The maximum atomic E-state index is 11.7. The van der Waals surface area contributed by atoms with Crippen LogP contribution in [0.1, 0.15) is 6.92 Å². The van der Waals surface area contributed by atoms with E-state index in [-0.39, 0.29) is 5.91 Å². The van der Waals surface area contributed by atoms with Crippen LogP contribution in [-0.4, -0.2) is 32.0 Å². The predicted molar refractivity (Wildman–Crippen MR) is 67.6 cm³/mol. The molecule has 0 radical (unpaired) electrons. The second kappa shape index (κ2) is 5.31. The van der Waals surface area contributed by atoms with Gasteiger partial charge in [0.25, 0.3) is 0 Å². The van der Waals surface area contributed by atoms with Gasteiger partial charge in [-0.25, -0.2) is 0 Å². The van der Waals surface area contributed by atoms with Gasteiger partial charge in [0, 0.05) is 19.2 Å². The van der Waals surface area contributed by atoms with Crippen molar-refractivity contribution in [2.24, 2.45) is 0 Å². The average Bonchev–Trinajstić information content (AvgIpc) is 2.18. The topological polar surface area (TPSA) is 20.3 Å². The van der Waals surface area contributed by atoms with Crippen molar-refractivity contribution in [3.8, 4) is 0 Å². The number of carbonyl (C=O) groups excluding carboxylic acids is 1. The van der Waals surface area contributed by atoms with E-state index in [0.29, 0.717) is 0 Å². The van der Waals surface area contributed by atoms with E-state index in [1.54, 1.807) is 6.08 Å². The summed E-state index contributed by atoms with van der Waals surface area (Å²) in [6, 6.07) is 2.49. The molecule has 0 unspecified atom stereocenters. The van der Waals surface area contributed by atoms with E-state index in [9.17, 15) is 4.79 Å². The minimum absolute atomic E-state index is 0.164. The summed E-state index contributed by atoms with van der Waals surface area (Å²) in [5.41, 5.74) is 0. The highest BCUT2D eigenvalue weighted by Crippen LogP contribution is 2.21. The SMILES string of the molecule is CC=CC=CC(=O)N1CC[Si](C)(C)CC1. The zero-order valence-electron chi connectivity index (χ0n) is 9.99. The van der Waals surface area contributed by atoms with Crippen molar-refractivity contribution in [2.45, 2.75) is 32.1 Å². The zero-order chi connectivity index (χ0) is 11.3. The number of rotatable bonds is 2. The maximum Gasteiger partial charge on any atom is 0.246 e. The third kappa shape index (κ3) is 4.04. The molecule has 2 nitrogen and oxygen atoms in total. The lowest BCUT2D eigenvalue weighted by molar-refractivity contribution is -0.125. The number of hydrogen-bond acceptors (Lipinski definition) is 1. The van der Waals surface area contributed by atoms with Gasteiger partial charge in [-0.05, 0) is 19.0 Å². The lowest BCUT2D eigenvalue weighted by atomic mass is 10.4. The van der Waals surface area contributed by atoms with E-state index in [1.807, 2.05) is 30.1 Å². The molecule has 1 aliphatic rings. The van der Waals surface area contributed by atoms with Crippen molar-refractivity contribution in [1.29, 1.82) is 0 Å². The van der Waals surface area contributed by atoms with E-state index in [4.69, 9.17) is 0 Å². The summed E-state index contributed by atoms with van der Waals surface area (Å²) in [4.78, 5) is 13.7. The summed E-state index contributed by atoms with van der Waals surface area (Å²) < 4.78 is 0. The van der Waals surface area contributed by atoms with Gasteiger partial charge >= 0.3 is 0 Å². The van der Waals surface area contributed by atoms with Gasteiger partial charge in [0.1, 0.15) is 0 Å². The monoisotopic (exact) mass is 223 g/mol. The molecular formula is C12H21NOSi. The largest absolute Gasteiger partial charge is 0.340 e. The summed E-state index contributed by atoms with van der Waals surface area (Å²) in [6.07, 6.45) is 7.30. The molecule has 1 saturated heterocycles. The third-order valence-electron chi connectivity index (χ3n) is 2.97. The molecule has 84 valence electrons. The fraction of sp³-hybridized carbons (Fsp3) is 0.583. The van der Waals surface area contributed by atoms with Crippen LogP contribution in [0.15, 0.2) is 24.3 Å². The molecule has 3 heteroatoms. The molecule has 0 bridgehead atoms. The molecule has 0 aromatic rings. The summed E-state index contributed by atoms with van der Waals surface area (Å²) in [5, 5.41) is 0. The van der Waals surface area contributed by atoms with Gasteiger partial charge in [-0.15, -0.1) is 0 Å². The smallest absolute Gasteiger partial charge is 0.246 e. The molecule has 1 amide bonds. The Morgan fingerprint density at radius 3 is 2.33 bits per heavy atom. The number of nitrogens with zero attached hydrogens (tertiary/aromatic N) is 1. The van der Waals surface area contributed by atoms with Gasteiger partial charge in [0.05, 0.1) is 8.07 Å². The first kappa shape index (κ1) is 12.2. The molecule has 1 fully saturated rings. The number of hydrogen-bond donors (Lipinski definition) is 0. The Labute approximate surface area is 93.7 Å². The lowest BCUT2D eigenvalue weighted by Crippen LogP contribution is -2.44. The Morgan fingerprint density at radius 1 is 1.20 bits per heavy atom. The molecule has 0 atom stereocenters. The summed E-state index contributed by atoms with van der Waals surface area (Å²) in [6.45, 7) is 8.68. The summed E-state index contributed by atoms with van der Waals surface area (Å²) in [5.74, 6) is 0.164. The van der Waals surface area contributed by atoms with Crippen molar-refractivity contribution in [2.75, 3.05) is 13.1 Å². The third-order valence-corrected chi connectivity index (χ3v) is 6.13. The molecule has 0 aromatic heterocycles. The highest BCUT2D eigenvalue weighted by molar-refractivity contribution is 6.77. The molecule has 0 aromatic carbocycles. The Hall–Kier alpha value is -0.833. The Kier molecular flexibility index (Phi) is 4.33. The maximum absolute atomic E-state index is 11.7. The normalized spacial score (nSPS) is 21.4. The Balaban J connectivity index is 2.43. The molecule has 1 rings (SSSR count). The standard InChI is InChI=1S/C12H21NOSi/c1-4-5-6-7-12(14)13-8-10-15(2,3)11-9-13/h4-7H,8-11H2,1-3H3. The second-order valence-corrected chi connectivity index (χ2v) is 10.2. The first-order chi connectivity index (χ1) is 7.05. The first-order valence-electron chi connectivity index (χ1n) is 5.63. The van der Waals surface area contributed by atoms with Crippen molar-refractivity contribution >= 4 is 14.0 Å². The van der Waals surface area contributed by atoms with Crippen LogP contribution in [-0.2, 0) is 4.79 Å². The van der Waals surface area contributed by atoms with E-state index in [1.165, 1.54) is 12.1 Å². The van der Waals surface area contributed by atoms with Crippen LogP contribution >= 0.6 is 0 Å². The first-order valence-corrected chi connectivity index (χ1v) is 9.05. The summed E-state index contributed by atoms with van der Waals surface area (Å²) in [7, 11) is -0.948. The fourth-order valence-electron chi connectivity index (χ4n) is 1.69. The van der Waals surface area contributed by atoms with Crippen LogP contribution in [0.25, 0.3) is 0 Å². The van der Waals surface area contributed by atoms with Gasteiger partial charge in [0.2, 0.25) is 5.91 Å². The van der Waals surface area contributed by atoms with Crippen molar-refractivity contribution in [3.05, 3.63) is 24.3 Å². The van der Waals surface area contributed by atoms with Crippen LogP contribution in [0.5, 0.6) is 0 Å². The quantitative estimate of drug-likeness (QED) is 0.400. The number of amides is 1.